The Balaban J connectivity index is 2.59. The fourth-order valence-electron chi connectivity index (χ4n) is 1.37. The highest BCUT2D eigenvalue weighted by Crippen LogP contribution is 2.11. The summed E-state index contributed by atoms with van der Waals surface area (Å²) in [5.74, 6) is 0.752. The molecule has 0 radical (unpaired) electrons. The minimum Gasteiger partial charge on any atom is -0.382 e. The van der Waals surface area contributed by atoms with Gasteiger partial charge in [0, 0.05) is 20.2 Å². The Morgan fingerprint density at radius 3 is 2.81 bits per heavy atom. The summed E-state index contributed by atoms with van der Waals surface area (Å²) in [5.41, 5.74) is 6.05. The van der Waals surface area contributed by atoms with E-state index in [-0.39, 0.29) is 11.7 Å². The van der Waals surface area contributed by atoms with Gasteiger partial charge in [0.15, 0.2) is 11.5 Å². The first-order chi connectivity index (χ1) is 7.57. The fourth-order valence-corrected chi connectivity index (χ4v) is 1.37. The first-order valence-electron chi connectivity index (χ1n) is 5.22. The second-order valence-corrected chi connectivity index (χ2v) is 3.40. The number of rotatable bonds is 5. The lowest BCUT2D eigenvalue weighted by Crippen LogP contribution is -2.29. The molecule has 6 nitrogen and oxygen atoms in total. The highest BCUT2D eigenvalue weighted by molar-refractivity contribution is 5.96. The number of aromatic nitrogens is 2. The van der Waals surface area contributed by atoms with Crippen LogP contribution >= 0.6 is 0 Å². The molecular formula is C10H18N4O2. The van der Waals surface area contributed by atoms with Crippen LogP contribution in [0, 0.1) is 6.92 Å². The van der Waals surface area contributed by atoms with Gasteiger partial charge in [-0.2, -0.15) is 0 Å². The highest BCUT2D eigenvalue weighted by Gasteiger charge is 2.16. The minimum atomic E-state index is -0.222. The van der Waals surface area contributed by atoms with E-state index < -0.39 is 0 Å². The van der Waals surface area contributed by atoms with E-state index in [0.29, 0.717) is 31.3 Å². The summed E-state index contributed by atoms with van der Waals surface area (Å²) in [5, 5.41) is 2.72. The first-order valence-corrected chi connectivity index (χ1v) is 5.22. The summed E-state index contributed by atoms with van der Waals surface area (Å²) < 4.78 is 6.79. The van der Waals surface area contributed by atoms with Crippen molar-refractivity contribution in [1.29, 1.82) is 0 Å². The van der Waals surface area contributed by atoms with Crippen molar-refractivity contribution in [3.8, 4) is 0 Å². The van der Waals surface area contributed by atoms with E-state index in [1.165, 1.54) is 0 Å². The molecule has 1 aromatic rings. The zero-order valence-electron chi connectivity index (χ0n) is 9.91. The predicted octanol–water partition coefficient (Wildman–Crippen LogP) is 0.0770. The van der Waals surface area contributed by atoms with Gasteiger partial charge in [-0.1, -0.05) is 0 Å². The molecule has 0 aliphatic rings. The van der Waals surface area contributed by atoms with E-state index in [1.807, 2.05) is 6.92 Å². The number of anilines is 1. The Labute approximate surface area is 94.8 Å². The van der Waals surface area contributed by atoms with E-state index in [2.05, 4.69) is 10.3 Å². The molecule has 1 rings (SSSR count). The van der Waals surface area contributed by atoms with Crippen molar-refractivity contribution in [1.82, 2.24) is 14.9 Å². The molecule has 0 saturated heterocycles. The molecule has 1 amide bonds. The molecule has 0 spiro atoms. The van der Waals surface area contributed by atoms with Gasteiger partial charge in [-0.3, -0.25) is 4.79 Å². The molecule has 6 heteroatoms. The maximum atomic E-state index is 11.8. The lowest BCUT2D eigenvalue weighted by atomic mass is 10.4. The number of carbonyl (C=O) groups is 1. The largest absolute Gasteiger partial charge is 0.382 e. The molecule has 0 aliphatic carbocycles. The third-order valence-electron chi connectivity index (χ3n) is 2.30. The maximum absolute atomic E-state index is 11.8. The van der Waals surface area contributed by atoms with Gasteiger partial charge in [0.2, 0.25) is 0 Å². The maximum Gasteiger partial charge on any atom is 0.271 e. The quantitative estimate of drug-likeness (QED) is 0.696. The average molecular weight is 226 g/mol. The third kappa shape index (κ3) is 2.73. The molecule has 0 fully saturated rings. The number of amides is 1. The Kier molecular flexibility index (Phi) is 4.30. The number of carbonyl (C=O) groups excluding carboxylic acids is 1. The summed E-state index contributed by atoms with van der Waals surface area (Å²) in [4.78, 5) is 15.8. The molecule has 0 unspecified atom stereocenters. The molecule has 1 heterocycles. The Hall–Kier alpha value is -1.56. The van der Waals surface area contributed by atoms with E-state index in [9.17, 15) is 4.79 Å². The number of nitrogens with zero attached hydrogens (tertiary/aromatic N) is 2. The smallest absolute Gasteiger partial charge is 0.271 e. The van der Waals surface area contributed by atoms with Crippen LogP contribution in [-0.4, -0.2) is 35.2 Å². The van der Waals surface area contributed by atoms with Crippen LogP contribution in [0.2, 0.25) is 0 Å². The van der Waals surface area contributed by atoms with Gasteiger partial charge in [-0.25, -0.2) is 4.98 Å². The molecule has 0 bridgehead atoms. The SMILES string of the molecule is CCOCCNC(=O)c1c(N)nc(C)n1C. The molecule has 16 heavy (non-hydrogen) atoms. The van der Waals surface area contributed by atoms with Crippen molar-refractivity contribution < 1.29 is 9.53 Å². The molecule has 3 N–H and O–H groups in total. The van der Waals surface area contributed by atoms with Gasteiger partial charge in [0.1, 0.15) is 5.82 Å². The van der Waals surface area contributed by atoms with Gasteiger partial charge in [-0.05, 0) is 13.8 Å². The number of hydrogen-bond acceptors (Lipinski definition) is 4. The highest BCUT2D eigenvalue weighted by atomic mass is 16.5. The first kappa shape index (κ1) is 12.5. The van der Waals surface area contributed by atoms with Crippen molar-refractivity contribution in [2.45, 2.75) is 13.8 Å². The predicted molar refractivity (Wildman–Crippen MR) is 61.2 cm³/mol. The normalized spacial score (nSPS) is 10.4. The molecule has 1 aromatic heterocycles. The van der Waals surface area contributed by atoms with E-state index in [1.54, 1.807) is 18.5 Å². The Morgan fingerprint density at radius 2 is 2.31 bits per heavy atom. The van der Waals surface area contributed by atoms with Crippen LogP contribution in [0.1, 0.15) is 23.2 Å². The topological polar surface area (TPSA) is 82.2 Å². The number of nitrogens with two attached hydrogens (primary N) is 1. The summed E-state index contributed by atoms with van der Waals surface area (Å²) in [7, 11) is 1.76. The van der Waals surface area contributed by atoms with Crippen LogP contribution in [0.25, 0.3) is 0 Å². The average Bonchev–Trinajstić information content (AvgIpc) is 2.48. The van der Waals surface area contributed by atoms with E-state index in [0.717, 1.165) is 0 Å². The van der Waals surface area contributed by atoms with Crippen molar-refractivity contribution in [3.05, 3.63) is 11.5 Å². The monoisotopic (exact) mass is 226 g/mol. The number of nitrogen functional groups attached to an aromatic ring is 1. The zero-order chi connectivity index (χ0) is 12.1. The number of aryl methyl sites for hydroxylation is 1. The second kappa shape index (κ2) is 5.50. The van der Waals surface area contributed by atoms with Crippen molar-refractivity contribution in [3.63, 3.8) is 0 Å². The minimum absolute atomic E-state index is 0.222. The number of hydrogen-bond donors (Lipinski definition) is 2. The van der Waals surface area contributed by atoms with Gasteiger partial charge < -0.3 is 20.4 Å². The van der Waals surface area contributed by atoms with Crippen molar-refractivity contribution in [2.75, 3.05) is 25.5 Å². The number of ether oxygens (including phenoxy) is 1. The summed E-state index contributed by atoms with van der Waals surface area (Å²) in [6, 6.07) is 0. The van der Waals surface area contributed by atoms with Crippen LogP contribution in [0.3, 0.4) is 0 Å². The van der Waals surface area contributed by atoms with Crippen LogP contribution in [0.5, 0.6) is 0 Å². The fraction of sp³-hybridized carbons (Fsp3) is 0.600. The van der Waals surface area contributed by atoms with E-state index in [4.69, 9.17) is 10.5 Å². The molecule has 0 atom stereocenters. The molecule has 0 aliphatic heterocycles. The molecule has 0 saturated carbocycles. The van der Waals surface area contributed by atoms with Crippen LogP contribution < -0.4 is 11.1 Å². The van der Waals surface area contributed by atoms with Crippen molar-refractivity contribution in [2.24, 2.45) is 7.05 Å². The Bertz CT molecular complexity index is 373. The van der Waals surface area contributed by atoms with Gasteiger partial charge >= 0.3 is 0 Å². The number of nitrogens with one attached hydrogen (secondary N) is 1. The zero-order valence-corrected chi connectivity index (χ0v) is 9.91. The number of imidazole rings is 1. The Morgan fingerprint density at radius 1 is 1.62 bits per heavy atom. The van der Waals surface area contributed by atoms with Crippen LogP contribution in [0.15, 0.2) is 0 Å². The van der Waals surface area contributed by atoms with Gasteiger partial charge in [0.05, 0.1) is 6.61 Å². The summed E-state index contributed by atoms with van der Waals surface area (Å²) in [6.07, 6.45) is 0. The lowest BCUT2D eigenvalue weighted by molar-refractivity contribution is 0.0915. The van der Waals surface area contributed by atoms with Crippen molar-refractivity contribution >= 4 is 11.7 Å². The van der Waals surface area contributed by atoms with Crippen LogP contribution in [-0.2, 0) is 11.8 Å². The molecule has 0 aromatic carbocycles. The van der Waals surface area contributed by atoms with E-state index >= 15 is 0 Å². The summed E-state index contributed by atoms with van der Waals surface area (Å²) in [6.45, 7) is 5.32. The lowest BCUT2D eigenvalue weighted by Gasteiger charge is -2.06. The third-order valence-corrected chi connectivity index (χ3v) is 2.30. The summed E-state index contributed by atoms with van der Waals surface area (Å²) >= 11 is 0. The molecular weight excluding hydrogens is 208 g/mol. The standard InChI is InChI=1S/C10H18N4O2/c1-4-16-6-5-12-10(15)8-9(11)13-7(2)14(8)3/h4-6,11H2,1-3H3,(H,12,15). The molecule has 90 valence electrons. The second-order valence-electron chi connectivity index (χ2n) is 3.40. The van der Waals surface area contributed by atoms with Gasteiger partial charge in [-0.15, -0.1) is 0 Å². The van der Waals surface area contributed by atoms with Crippen LogP contribution in [0.4, 0.5) is 5.82 Å². The van der Waals surface area contributed by atoms with Gasteiger partial charge in [0.25, 0.3) is 5.91 Å².